The van der Waals surface area contributed by atoms with Crippen LogP contribution in [0, 0.1) is 12.8 Å². The average molecular weight is 486 g/mol. The molecule has 0 radical (unpaired) electrons. The Morgan fingerprint density at radius 2 is 2.11 bits per heavy atom. The summed E-state index contributed by atoms with van der Waals surface area (Å²) in [6.07, 6.45) is 1.40. The van der Waals surface area contributed by atoms with E-state index < -0.39 is 0 Å². The molecule has 0 spiro atoms. The first-order chi connectivity index (χ1) is 12.6. The molecule has 3 unspecified atom stereocenters. The van der Waals surface area contributed by atoms with Gasteiger partial charge >= 0.3 is 0 Å². The fourth-order valence-electron chi connectivity index (χ4n) is 3.87. The van der Waals surface area contributed by atoms with Crippen LogP contribution in [-0.2, 0) is 4.74 Å². The third-order valence-electron chi connectivity index (χ3n) is 5.27. The van der Waals surface area contributed by atoms with E-state index in [2.05, 4.69) is 65.6 Å². The summed E-state index contributed by atoms with van der Waals surface area (Å²) in [5.74, 6) is 2.18. The first-order valence-corrected chi connectivity index (χ1v) is 9.93. The molecule has 2 aliphatic rings. The van der Waals surface area contributed by atoms with Gasteiger partial charge in [0.15, 0.2) is 5.96 Å². The lowest BCUT2D eigenvalue weighted by molar-refractivity contribution is -0.0284. The molecule has 1 saturated carbocycles. The minimum absolute atomic E-state index is 0. The Bertz CT molecular complexity index is 622. The molecule has 1 aromatic rings. The highest BCUT2D eigenvalue weighted by Crippen LogP contribution is 2.41. The topological polar surface area (TPSA) is 48.9 Å². The van der Waals surface area contributed by atoms with Gasteiger partial charge in [-0.25, -0.2) is 0 Å². The van der Waals surface area contributed by atoms with E-state index in [1.165, 1.54) is 17.5 Å². The molecular formula is C21H35IN4O. The molecule has 2 fully saturated rings. The molecule has 1 heterocycles. The van der Waals surface area contributed by atoms with Gasteiger partial charge in [-0.05, 0) is 30.4 Å². The molecule has 1 aromatic carbocycles. The summed E-state index contributed by atoms with van der Waals surface area (Å²) in [5.41, 5.74) is 2.84. The number of morpholine rings is 1. The van der Waals surface area contributed by atoms with Crippen molar-refractivity contribution in [1.82, 2.24) is 15.5 Å². The van der Waals surface area contributed by atoms with E-state index >= 15 is 0 Å². The predicted molar refractivity (Wildman–Crippen MR) is 123 cm³/mol. The molecule has 2 N–H and O–H groups in total. The van der Waals surface area contributed by atoms with Crippen LogP contribution in [0.3, 0.4) is 0 Å². The third kappa shape index (κ3) is 6.61. The van der Waals surface area contributed by atoms with Crippen LogP contribution < -0.4 is 10.6 Å². The first kappa shape index (κ1) is 22.4. The summed E-state index contributed by atoms with van der Waals surface area (Å²) in [4.78, 5) is 6.90. The molecule has 3 atom stereocenters. The number of hydrogen-bond donors (Lipinski definition) is 2. The second-order valence-corrected chi connectivity index (χ2v) is 8.05. The molecule has 5 nitrogen and oxygen atoms in total. The molecule has 6 heteroatoms. The third-order valence-corrected chi connectivity index (χ3v) is 5.27. The van der Waals surface area contributed by atoms with Crippen molar-refractivity contribution in [3.63, 3.8) is 0 Å². The molecule has 0 aromatic heterocycles. The Morgan fingerprint density at radius 3 is 2.81 bits per heavy atom. The lowest BCUT2D eigenvalue weighted by atomic mass is 10.0. The maximum atomic E-state index is 5.92. The van der Waals surface area contributed by atoms with Crippen molar-refractivity contribution >= 4 is 29.9 Å². The zero-order chi connectivity index (χ0) is 18.5. The highest BCUT2D eigenvalue weighted by molar-refractivity contribution is 14.0. The molecule has 27 heavy (non-hydrogen) atoms. The smallest absolute Gasteiger partial charge is 0.191 e. The van der Waals surface area contributed by atoms with E-state index in [-0.39, 0.29) is 30.1 Å². The van der Waals surface area contributed by atoms with E-state index in [1.807, 2.05) is 7.05 Å². The van der Waals surface area contributed by atoms with Crippen LogP contribution in [0.2, 0.25) is 0 Å². The van der Waals surface area contributed by atoms with Gasteiger partial charge in [0, 0.05) is 45.2 Å². The van der Waals surface area contributed by atoms with Crippen molar-refractivity contribution in [1.29, 1.82) is 0 Å². The SMILES string of the molecule is CN=C(NCC1CN(CC(C)C)CCO1)NC1CC1c1ccccc1C.I. The Hall–Kier alpha value is -0.860. The standard InChI is InChI=1S/C21H34N4O.HI/c1-15(2)13-25-9-10-26-17(14-25)12-23-21(22-4)24-20-11-19(20)18-8-6-5-7-16(18)3;/h5-8,15,17,19-20H,9-14H2,1-4H3,(H2,22,23,24);1H. The summed E-state index contributed by atoms with van der Waals surface area (Å²) in [7, 11) is 1.84. The lowest BCUT2D eigenvalue weighted by Gasteiger charge is -2.34. The predicted octanol–water partition coefficient (Wildman–Crippen LogP) is 2.99. The van der Waals surface area contributed by atoms with Gasteiger partial charge < -0.3 is 15.4 Å². The maximum absolute atomic E-state index is 5.92. The molecule has 1 aliphatic carbocycles. The first-order valence-electron chi connectivity index (χ1n) is 9.93. The van der Waals surface area contributed by atoms with Gasteiger partial charge in [0.05, 0.1) is 12.7 Å². The summed E-state index contributed by atoms with van der Waals surface area (Å²) < 4.78 is 5.92. The van der Waals surface area contributed by atoms with Crippen LogP contribution in [0.25, 0.3) is 0 Å². The summed E-state index contributed by atoms with van der Waals surface area (Å²) in [6.45, 7) is 11.6. The number of aliphatic imine (C=N–C) groups is 1. The fraction of sp³-hybridized carbons (Fsp3) is 0.667. The van der Waals surface area contributed by atoms with Gasteiger partial charge in [-0.3, -0.25) is 9.89 Å². The second-order valence-electron chi connectivity index (χ2n) is 8.05. The van der Waals surface area contributed by atoms with Gasteiger partial charge in [-0.1, -0.05) is 38.1 Å². The van der Waals surface area contributed by atoms with Gasteiger partial charge in [0.1, 0.15) is 0 Å². The van der Waals surface area contributed by atoms with Crippen LogP contribution in [-0.4, -0.2) is 62.8 Å². The number of rotatable bonds is 6. The van der Waals surface area contributed by atoms with Crippen LogP contribution >= 0.6 is 24.0 Å². The molecule has 152 valence electrons. The molecule has 0 amide bonds. The Kier molecular flexibility index (Phi) is 8.82. The second kappa shape index (κ2) is 10.6. The number of aryl methyl sites for hydroxylation is 1. The van der Waals surface area contributed by atoms with Gasteiger partial charge in [-0.2, -0.15) is 0 Å². The zero-order valence-corrected chi connectivity index (χ0v) is 19.4. The maximum Gasteiger partial charge on any atom is 0.191 e. The quantitative estimate of drug-likeness (QED) is 0.369. The van der Waals surface area contributed by atoms with Crippen LogP contribution in [0.5, 0.6) is 0 Å². The van der Waals surface area contributed by atoms with Crippen molar-refractivity contribution < 1.29 is 4.74 Å². The average Bonchev–Trinajstić information content (AvgIpc) is 3.37. The van der Waals surface area contributed by atoms with Crippen LogP contribution in [0.4, 0.5) is 0 Å². The Balaban J connectivity index is 0.00000261. The molecule has 1 aliphatic heterocycles. The number of guanidine groups is 1. The number of nitrogens with one attached hydrogen (secondary N) is 2. The van der Waals surface area contributed by atoms with E-state index in [0.717, 1.165) is 38.7 Å². The monoisotopic (exact) mass is 486 g/mol. The van der Waals surface area contributed by atoms with Crippen molar-refractivity contribution in [3.05, 3.63) is 35.4 Å². The normalized spacial score (nSPS) is 25.8. The minimum Gasteiger partial charge on any atom is -0.374 e. The lowest BCUT2D eigenvalue weighted by Crippen LogP contribution is -2.50. The number of benzene rings is 1. The van der Waals surface area contributed by atoms with E-state index in [9.17, 15) is 0 Å². The number of halogens is 1. The van der Waals surface area contributed by atoms with Crippen molar-refractivity contribution in [2.24, 2.45) is 10.9 Å². The van der Waals surface area contributed by atoms with Crippen molar-refractivity contribution in [2.45, 2.75) is 45.3 Å². The van der Waals surface area contributed by atoms with Crippen LogP contribution in [0.15, 0.2) is 29.3 Å². The number of ether oxygens (including phenoxy) is 1. The van der Waals surface area contributed by atoms with E-state index in [4.69, 9.17) is 4.74 Å². The Morgan fingerprint density at radius 1 is 1.33 bits per heavy atom. The fourth-order valence-corrected chi connectivity index (χ4v) is 3.87. The van der Waals surface area contributed by atoms with Crippen molar-refractivity contribution in [2.75, 3.05) is 39.8 Å². The van der Waals surface area contributed by atoms with Gasteiger partial charge in [0.2, 0.25) is 0 Å². The Labute approximate surface area is 181 Å². The highest BCUT2D eigenvalue weighted by Gasteiger charge is 2.39. The summed E-state index contributed by atoms with van der Waals surface area (Å²) >= 11 is 0. The summed E-state index contributed by atoms with van der Waals surface area (Å²) in [6, 6.07) is 9.16. The van der Waals surface area contributed by atoms with Crippen molar-refractivity contribution in [3.8, 4) is 0 Å². The number of nitrogens with zero attached hydrogens (tertiary/aromatic N) is 2. The minimum atomic E-state index is 0. The zero-order valence-electron chi connectivity index (χ0n) is 17.1. The van der Waals surface area contributed by atoms with Gasteiger partial charge in [0.25, 0.3) is 0 Å². The number of hydrogen-bond acceptors (Lipinski definition) is 3. The molecule has 1 saturated heterocycles. The molecule has 3 rings (SSSR count). The molecular weight excluding hydrogens is 451 g/mol. The van der Waals surface area contributed by atoms with E-state index in [1.54, 1.807) is 0 Å². The van der Waals surface area contributed by atoms with Crippen LogP contribution in [0.1, 0.15) is 37.3 Å². The van der Waals surface area contributed by atoms with Gasteiger partial charge in [-0.15, -0.1) is 24.0 Å². The van der Waals surface area contributed by atoms with E-state index in [0.29, 0.717) is 17.9 Å². The largest absolute Gasteiger partial charge is 0.374 e. The molecule has 0 bridgehead atoms. The summed E-state index contributed by atoms with van der Waals surface area (Å²) in [5, 5.41) is 7.03. The highest BCUT2D eigenvalue weighted by atomic mass is 127.